The zero-order chi connectivity index (χ0) is 20.4. The van der Waals surface area contributed by atoms with Gasteiger partial charge in [0, 0.05) is 18.9 Å². The zero-order valence-electron chi connectivity index (χ0n) is 16.1. The summed E-state index contributed by atoms with van der Waals surface area (Å²) in [6.07, 6.45) is 3.40. The van der Waals surface area contributed by atoms with Crippen LogP contribution in [0.15, 0.2) is 73.2 Å². The lowest BCUT2D eigenvalue weighted by atomic mass is 10.1. The first-order valence-electron chi connectivity index (χ1n) is 9.21. The number of aromatic nitrogens is 3. The van der Waals surface area contributed by atoms with Crippen LogP contribution in [-0.2, 0) is 0 Å². The average Bonchev–Trinajstić information content (AvgIpc) is 3.18. The highest BCUT2D eigenvalue weighted by atomic mass is 35.5. The summed E-state index contributed by atoms with van der Waals surface area (Å²) in [5, 5.41) is 3.06. The van der Waals surface area contributed by atoms with Crippen LogP contribution in [-0.4, -0.2) is 32.5 Å². The Labute approximate surface area is 173 Å². The van der Waals surface area contributed by atoms with Crippen molar-refractivity contribution in [3.8, 4) is 5.69 Å². The molecule has 0 bridgehead atoms. The van der Waals surface area contributed by atoms with Crippen molar-refractivity contribution in [1.29, 1.82) is 0 Å². The number of pyridine rings is 1. The third-order valence-electron chi connectivity index (χ3n) is 5.01. The molecule has 0 aliphatic carbocycles. The van der Waals surface area contributed by atoms with E-state index < -0.39 is 0 Å². The molecule has 4 aromatic rings. The lowest BCUT2D eigenvalue weighted by Gasteiger charge is -2.26. The smallest absolute Gasteiger partial charge is 0.321 e. The zero-order valence-corrected chi connectivity index (χ0v) is 16.8. The summed E-state index contributed by atoms with van der Waals surface area (Å²) in [7, 11) is 1.75. The third kappa shape index (κ3) is 3.79. The second-order valence-corrected chi connectivity index (χ2v) is 7.11. The Hall–Kier alpha value is -3.38. The molecule has 0 aliphatic heterocycles. The predicted octanol–water partition coefficient (Wildman–Crippen LogP) is 5.30. The number of hydrogen-bond acceptors (Lipinski definition) is 3. The highest BCUT2D eigenvalue weighted by Crippen LogP contribution is 2.24. The van der Waals surface area contributed by atoms with Gasteiger partial charge in [-0.15, -0.1) is 0 Å². The van der Waals surface area contributed by atoms with E-state index in [-0.39, 0.29) is 17.2 Å². The van der Waals surface area contributed by atoms with Crippen molar-refractivity contribution in [2.24, 2.45) is 0 Å². The van der Waals surface area contributed by atoms with Crippen LogP contribution in [0.1, 0.15) is 18.5 Å². The number of imidazole rings is 1. The van der Waals surface area contributed by atoms with E-state index in [1.165, 1.54) is 0 Å². The van der Waals surface area contributed by atoms with Gasteiger partial charge >= 0.3 is 6.03 Å². The SMILES string of the molecule is CC(c1ccc(-n2cnc3ccccc32)cc1)N(C)C(=O)Nc1cccnc1Cl. The molecule has 1 unspecified atom stereocenters. The van der Waals surface area contributed by atoms with Crippen molar-refractivity contribution >= 4 is 34.4 Å². The first-order chi connectivity index (χ1) is 14.0. The average molecular weight is 406 g/mol. The van der Waals surface area contributed by atoms with Crippen molar-refractivity contribution in [3.63, 3.8) is 0 Å². The summed E-state index contributed by atoms with van der Waals surface area (Å²) in [4.78, 5) is 22.6. The van der Waals surface area contributed by atoms with Crippen LogP contribution in [0.25, 0.3) is 16.7 Å². The number of carbonyl (C=O) groups excluding carboxylic acids is 1. The summed E-state index contributed by atoms with van der Waals surface area (Å²) in [6, 6.07) is 19.2. The molecular formula is C22H20ClN5O. The molecule has 2 aromatic heterocycles. The van der Waals surface area contributed by atoms with Gasteiger partial charge in [0.1, 0.15) is 6.33 Å². The maximum atomic E-state index is 12.6. The minimum Gasteiger partial charge on any atom is -0.321 e. The normalized spacial score (nSPS) is 12.0. The maximum Gasteiger partial charge on any atom is 0.322 e. The molecule has 0 saturated heterocycles. The number of urea groups is 1. The first-order valence-corrected chi connectivity index (χ1v) is 9.59. The molecule has 6 nitrogen and oxygen atoms in total. The summed E-state index contributed by atoms with van der Waals surface area (Å²) in [6.45, 7) is 1.98. The molecule has 2 amide bonds. The van der Waals surface area contributed by atoms with Gasteiger partial charge in [-0.1, -0.05) is 35.9 Å². The highest BCUT2D eigenvalue weighted by molar-refractivity contribution is 6.32. The lowest BCUT2D eigenvalue weighted by Crippen LogP contribution is -2.33. The monoisotopic (exact) mass is 405 g/mol. The topological polar surface area (TPSA) is 63.1 Å². The number of halogens is 1. The summed E-state index contributed by atoms with van der Waals surface area (Å²) >= 11 is 6.03. The Morgan fingerprint density at radius 1 is 1.07 bits per heavy atom. The molecule has 0 fully saturated rings. The Morgan fingerprint density at radius 3 is 2.59 bits per heavy atom. The van der Waals surface area contributed by atoms with E-state index in [2.05, 4.69) is 15.3 Å². The van der Waals surface area contributed by atoms with E-state index in [9.17, 15) is 4.79 Å². The van der Waals surface area contributed by atoms with Crippen LogP contribution >= 0.6 is 11.6 Å². The Kier molecular flexibility index (Phi) is 5.18. The van der Waals surface area contributed by atoms with Gasteiger partial charge in [-0.05, 0) is 48.9 Å². The number of carbonyl (C=O) groups is 1. The third-order valence-corrected chi connectivity index (χ3v) is 5.31. The van der Waals surface area contributed by atoms with Crippen molar-refractivity contribution in [3.05, 3.63) is 83.9 Å². The van der Waals surface area contributed by atoms with E-state index in [0.29, 0.717) is 5.69 Å². The van der Waals surface area contributed by atoms with Crippen LogP contribution in [0, 0.1) is 0 Å². The van der Waals surface area contributed by atoms with Crippen LogP contribution in [0.4, 0.5) is 10.5 Å². The molecule has 0 spiro atoms. The predicted molar refractivity (Wildman–Crippen MR) is 116 cm³/mol. The number of rotatable bonds is 4. The number of benzene rings is 2. The second kappa shape index (κ2) is 7.93. The largest absolute Gasteiger partial charge is 0.322 e. The maximum absolute atomic E-state index is 12.6. The lowest BCUT2D eigenvalue weighted by molar-refractivity contribution is 0.208. The summed E-state index contributed by atoms with van der Waals surface area (Å²) in [5.41, 5.74) is 4.53. The quantitative estimate of drug-likeness (QED) is 0.468. The molecule has 29 heavy (non-hydrogen) atoms. The number of para-hydroxylation sites is 2. The van der Waals surface area contributed by atoms with Gasteiger partial charge < -0.3 is 10.2 Å². The van der Waals surface area contributed by atoms with Crippen molar-refractivity contribution in [2.45, 2.75) is 13.0 Å². The molecule has 2 aromatic carbocycles. The molecule has 4 rings (SSSR count). The van der Waals surface area contributed by atoms with Crippen LogP contribution in [0.5, 0.6) is 0 Å². The van der Waals surface area contributed by atoms with E-state index in [1.807, 2.05) is 66.3 Å². The molecule has 0 aliphatic rings. The highest BCUT2D eigenvalue weighted by Gasteiger charge is 2.18. The molecule has 146 valence electrons. The van der Waals surface area contributed by atoms with Crippen molar-refractivity contribution < 1.29 is 4.79 Å². The molecule has 1 atom stereocenters. The van der Waals surface area contributed by atoms with Crippen LogP contribution in [0.2, 0.25) is 5.15 Å². The van der Waals surface area contributed by atoms with Crippen molar-refractivity contribution in [2.75, 3.05) is 12.4 Å². The number of nitrogens with one attached hydrogen (secondary N) is 1. The van der Waals surface area contributed by atoms with E-state index in [0.717, 1.165) is 22.3 Å². The Bertz CT molecular complexity index is 1160. The van der Waals surface area contributed by atoms with Crippen molar-refractivity contribution in [1.82, 2.24) is 19.4 Å². The first kappa shape index (κ1) is 19.0. The number of amides is 2. The van der Waals surface area contributed by atoms with Gasteiger partial charge in [0.25, 0.3) is 0 Å². The second-order valence-electron chi connectivity index (χ2n) is 6.75. The number of anilines is 1. The van der Waals surface area contributed by atoms with Gasteiger partial charge in [0.15, 0.2) is 5.15 Å². The Balaban J connectivity index is 1.51. The molecule has 0 radical (unpaired) electrons. The minimum atomic E-state index is -0.253. The fraction of sp³-hybridized carbons (Fsp3) is 0.136. The fourth-order valence-corrected chi connectivity index (χ4v) is 3.33. The van der Waals surface area contributed by atoms with E-state index in [1.54, 1.807) is 30.3 Å². The van der Waals surface area contributed by atoms with Gasteiger partial charge in [-0.2, -0.15) is 0 Å². The summed E-state index contributed by atoms with van der Waals surface area (Å²) in [5.74, 6) is 0. The van der Waals surface area contributed by atoms with Crippen LogP contribution in [0.3, 0.4) is 0 Å². The minimum absolute atomic E-state index is 0.126. The van der Waals surface area contributed by atoms with Gasteiger partial charge in [0.05, 0.1) is 22.8 Å². The van der Waals surface area contributed by atoms with Crippen LogP contribution < -0.4 is 5.32 Å². The standard InChI is InChI=1S/C22H20ClN5O/c1-15(27(2)22(29)26-19-7-5-13-24-21(19)23)16-9-11-17(12-10-16)28-14-25-18-6-3-4-8-20(18)28/h3-15H,1-2H3,(H,26,29). The molecule has 2 heterocycles. The van der Waals surface area contributed by atoms with Gasteiger partial charge in [-0.3, -0.25) is 4.57 Å². The van der Waals surface area contributed by atoms with E-state index in [4.69, 9.17) is 11.6 Å². The van der Waals surface area contributed by atoms with Gasteiger partial charge in [0.2, 0.25) is 0 Å². The van der Waals surface area contributed by atoms with E-state index >= 15 is 0 Å². The molecule has 1 N–H and O–H groups in total. The Morgan fingerprint density at radius 2 is 1.83 bits per heavy atom. The fourth-order valence-electron chi connectivity index (χ4n) is 3.16. The number of hydrogen-bond donors (Lipinski definition) is 1. The molecule has 0 saturated carbocycles. The van der Waals surface area contributed by atoms with Gasteiger partial charge in [-0.25, -0.2) is 14.8 Å². The molecule has 7 heteroatoms. The number of nitrogens with zero attached hydrogens (tertiary/aromatic N) is 4. The number of fused-ring (bicyclic) bond motifs is 1. The molecular weight excluding hydrogens is 386 g/mol. The summed E-state index contributed by atoms with van der Waals surface area (Å²) < 4.78 is 2.05.